The van der Waals surface area contributed by atoms with Gasteiger partial charge in [-0.3, -0.25) is 9.59 Å². The molecule has 2 heterocycles. The molecule has 1 atom stereocenters. The first kappa shape index (κ1) is 16.6. The van der Waals surface area contributed by atoms with Crippen molar-refractivity contribution in [1.82, 2.24) is 9.80 Å². The van der Waals surface area contributed by atoms with E-state index in [0.29, 0.717) is 31.3 Å². The Balaban J connectivity index is 1.72. The van der Waals surface area contributed by atoms with Gasteiger partial charge in [0.25, 0.3) is 0 Å². The van der Waals surface area contributed by atoms with Gasteiger partial charge in [0, 0.05) is 32.6 Å². The lowest BCUT2D eigenvalue weighted by molar-refractivity contribution is -0.135. The van der Waals surface area contributed by atoms with Gasteiger partial charge in [0.2, 0.25) is 11.8 Å². The van der Waals surface area contributed by atoms with E-state index >= 15 is 0 Å². The van der Waals surface area contributed by atoms with Crippen molar-refractivity contribution >= 4 is 23.6 Å². The van der Waals surface area contributed by atoms with E-state index in [1.807, 2.05) is 16.1 Å². The number of carbonyl (C=O) groups excluding carboxylic acids is 2. The smallest absolute Gasteiger partial charge is 0.232 e. The number of hydrogen-bond donors (Lipinski definition) is 0. The molecule has 0 unspecified atom stereocenters. The van der Waals surface area contributed by atoms with Crippen LogP contribution in [0.4, 0.5) is 0 Å². The van der Waals surface area contributed by atoms with E-state index in [4.69, 9.17) is 4.74 Å². The Kier molecular flexibility index (Phi) is 6.83. The van der Waals surface area contributed by atoms with Crippen LogP contribution in [0.1, 0.15) is 25.7 Å². The lowest BCUT2D eigenvalue weighted by Crippen LogP contribution is -2.42. The van der Waals surface area contributed by atoms with Crippen molar-refractivity contribution < 1.29 is 14.3 Å². The highest BCUT2D eigenvalue weighted by atomic mass is 32.2. The first-order chi connectivity index (χ1) is 10.2. The SMILES string of the molecule is CSCC(=O)N1CCC[C@@H](CCC(=O)N2CCOCC2)C1. The van der Waals surface area contributed by atoms with E-state index in [1.165, 1.54) is 0 Å². The molecule has 2 amide bonds. The third kappa shape index (κ3) is 5.18. The molecule has 0 aromatic rings. The minimum Gasteiger partial charge on any atom is -0.378 e. The Morgan fingerprint density at radius 1 is 1.14 bits per heavy atom. The molecule has 21 heavy (non-hydrogen) atoms. The molecule has 2 fully saturated rings. The summed E-state index contributed by atoms with van der Waals surface area (Å²) in [4.78, 5) is 28.0. The Morgan fingerprint density at radius 3 is 2.62 bits per heavy atom. The van der Waals surface area contributed by atoms with E-state index in [-0.39, 0.29) is 11.8 Å². The number of piperidine rings is 1. The number of ether oxygens (including phenoxy) is 1. The Hall–Kier alpha value is -0.750. The highest BCUT2D eigenvalue weighted by molar-refractivity contribution is 7.99. The van der Waals surface area contributed by atoms with Gasteiger partial charge in [0.1, 0.15) is 0 Å². The number of hydrogen-bond acceptors (Lipinski definition) is 4. The van der Waals surface area contributed by atoms with E-state index in [9.17, 15) is 9.59 Å². The topological polar surface area (TPSA) is 49.9 Å². The zero-order chi connectivity index (χ0) is 15.1. The summed E-state index contributed by atoms with van der Waals surface area (Å²) in [5, 5.41) is 0. The molecule has 120 valence electrons. The van der Waals surface area contributed by atoms with Gasteiger partial charge in [-0.25, -0.2) is 0 Å². The van der Waals surface area contributed by atoms with Crippen molar-refractivity contribution in [1.29, 1.82) is 0 Å². The van der Waals surface area contributed by atoms with Crippen LogP contribution in [0.2, 0.25) is 0 Å². The molecular formula is C15H26N2O3S. The lowest BCUT2D eigenvalue weighted by Gasteiger charge is -2.33. The fraction of sp³-hybridized carbons (Fsp3) is 0.867. The van der Waals surface area contributed by atoms with Crippen LogP contribution < -0.4 is 0 Å². The average Bonchev–Trinajstić information content (AvgIpc) is 2.54. The van der Waals surface area contributed by atoms with Gasteiger partial charge in [0.15, 0.2) is 0 Å². The van der Waals surface area contributed by atoms with Crippen molar-refractivity contribution in [3.05, 3.63) is 0 Å². The maximum absolute atomic E-state index is 12.1. The first-order valence-corrected chi connectivity index (χ1v) is 9.22. The van der Waals surface area contributed by atoms with Crippen molar-refractivity contribution in [2.45, 2.75) is 25.7 Å². The fourth-order valence-corrected chi connectivity index (χ4v) is 3.47. The molecule has 0 bridgehead atoms. The summed E-state index contributed by atoms with van der Waals surface area (Å²) in [5.41, 5.74) is 0. The second kappa shape index (κ2) is 8.63. The van der Waals surface area contributed by atoms with Gasteiger partial charge < -0.3 is 14.5 Å². The van der Waals surface area contributed by atoms with Gasteiger partial charge >= 0.3 is 0 Å². The number of likely N-dealkylation sites (tertiary alicyclic amines) is 1. The molecule has 0 aromatic heterocycles. The molecule has 5 nitrogen and oxygen atoms in total. The average molecular weight is 314 g/mol. The predicted molar refractivity (Wildman–Crippen MR) is 84.3 cm³/mol. The van der Waals surface area contributed by atoms with Gasteiger partial charge in [-0.2, -0.15) is 11.8 Å². The largest absolute Gasteiger partial charge is 0.378 e. The molecule has 0 saturated carbocycles. The molecule has 0 spiro atoms. The van der Waals surface area contributed by atoms with E-state index < -0.39 is 0 Å². The number of morpholine rings is 1. The summed E-state index contributed by atoms with van der Waals surface area (Å²) in [6, 6.07) is 0. The number of amides is 2. The molecule has 2 aliphatic heterocycles. The zero-order valence-electron chi connectivity index (χ0n) is 12.9. The number of nitrogens with zero attached hydrogens (tertiary/aromatic N) is 2. The van der Waals surface area contributed by atoms with Crippen LogP contribution in [0.25, 0.3) is 0 Å². The Morgan fingerprint density at radius 2 is 1.90 bits per heavy atom. The van der Waals surface area contributed by atoms with Crippen LogP contribution in [0, 0.1) is 5.92 Å². The van der Waals surface area contributed by atoms with Gasteiger partial charge in [-0.05, 0) is 31.4 Å². The standard InChI is InChI=1S/C15H26N2O3S/c1-21-12-15(19)17-6-2-3-13(11-17)4-5-14(18)16-7-9-20-10-8-16/h13H,2-12H2,1H3/t13-/m0/s1. The van der Waals surface area contributed by atoms with Crippen LogP contribution in [0.15, 0.2) is 0 Å². The van der Waals surface area contributed by atoms with Crippen molar-refractivity contribution in [2.75, 3.05) is 51.4 Å². The highest BCUT2D eigenvalue weighted by Gasteiger charge is 2.24. The second-order valence-corrected chi connectivity index (χ2v) is 6.68. The molecule has 0 radical (unpaired) electrons. The minimum atomic E-state index is 0.242. The third-order valence-electron chi connectivity index (χ3n) is 4.27. The molecule has 2 aliphatic rings. The molecule has 0 aliphatic carbocycles. The number of thioether (sulfide) groups is 1. The molecule has 2 saturated heterocycles. The third-order valence-corrected chi connectivity index (χ3v) is 4.81. The Labute approximate surface area is 131 Å². The predicted octanol–water partition coefficient (Wildman–Crippen LogP) is 1.23. The molecular weight excluding hydrogens is 288 g/mol. The normalized spacial score (nSPS) is 23.2. The van der Waals surface area contributed by atoms with Crippen molar-refractivity contribution in [3.63, 3.8) is 0 Å². The van der Waals surface area contributed by atoms with Gasteiger partial charge in [-0.15, -0.1) is 0 Å². The first-order valence-electron chi connectivity index (χ1n) is 7.83. The molecule has 0 aromatic carbocycles. The van der Waals surface area contributed by atoms with Crippen LogP contribution in [-0.4, -0.2) is 73.0 Å². The summed E-state index contributed by atoms with van der Waals surface area (Å²) in [6.07, 6.45) is 5.67. The number of carbonyl (C=O) groups is 2. The minimum absolute atomic E-state index is 0.242. The highest BCUT2D eigenvalue weighted by Crippen LogP contribution is 2.22. The van der Waals surface area contributed by atoms with Crippen LogP contribution in [0.3, 0.4) is 0 Å². The summed E-state index contributed by atoms with van der Waals surface area (Å²) >= 11 is 1.58. The van der Waals surface area contributed by atoms with Crippen LogP contribution in [0.5, 0.6) is 0 Å². The zero-order valence-corrected chi connectivity index (χ0v) is 13.7. The fourth-order valence-electron chi connectivity index (χ4n) is 3.04. The van der Waals surface area contributed by atoms with Crippen molar-refractivity contribution in [3.8, 4) is 0 Å². The van der Waals surface area contributed by atoms with E-state index in [1.54, 1.807) is 11.8 Å². The molecule has 2 rings (SSSR count). The summed E-state index contributed by atoms with van der Waals surface area (Å²) in [5.74, 6) is 1.53. The number of rotatable bonds is 5. The Bertz CT molecular complexity index is 359. The van der Waals surface area contributed by atoms with Gasteiger partial charge in [-0.1, -0.05) is 0 Å². The summed E-state index contributed by atoms with van der Waals surface area (Å²) < 4.78 is 5.27. The van der Waals surface area contributed by atoms with Gasteiger partial charge in [0.05, 0.1) is 19.0 Å². The van der Waals surface area contributed by atoms with Crippen LogP contribution in [-0.2, 0) is 14.3 Å². The molecule has 0 N–H and O–H groups in total. The summed E-state index contributed by atoms with van der Waals surface area (Å²) in [7, 11) is 0. The monoisotopic (exact) mass is 314 g/mol. The lowest BCUT2D eigenvalue weighted by atomic mass is 9.93. The van der Waals surface area contributed by atoms with Crippen molar-refractivity contribution in [2.24, 2.45) is 5.92 Å². The molecule has 6 heteroatoms. The van der Waals surface area contributed by atoms with E-state index in [0.717, 1.165) is 45.4 Å². The summed E-state index contributed by atoms with van der Waals surface area (Å²) in [6.45, 7) is 4.48. The quantitative estimate of drug-likeness (QED) is 0.766. The second-order valence-electron chi connectivity index (χ2n) is 5.81. The van der Waals surface area contributed by atoms with Crippen LogP contribution >= 0.6 is 11.8 Å². The maximum atomic E-state index is 12.1. The van der Waals surface area contributed by atoms with E-state index in [2.05, 4.69) is 0 Å². The maximum Gasteiger partial charge on any atom is 0.232 e.